The molecule has 0 bridgehead atoms. The Labute approximate surface area is 94.1 Å². The molecule has 1 heterocycles. The van der Waals surface area contributed by atoms with Crippen molar-refractivity contribution in [2.24, 2.45) is 5.73 Å². The van der Waals surface area contributed by atoms with Gasteiger partial charge in [0.15, 0.2) is 0 Å². The molecular formula is C12H16N2S. The molecule has 15 heavy (non-hydrogen) atoms. The SMILES string of the molecule is CCC(C)(N)Cc1nc2ccccc2s1. The van der Waals surface area contributed by atoms with E-state index in [1.54, 1.807) is 11.3 Å². The van der Waals surface area contributed by atoms with Crippen LogP contribution in [0.3, 0.4) is 0 Å². The number of rotatable bonds is 3. The minimum atomic E-state index is -0.131. The van der Waals surface area contributed by atoms with Gasteiger partial charge in [-0.15, -0.1) is 11.3 Å². The maximum Gasteiger partial charge on any atom is 0.0956 e. The Morgan fingerprint density at radius 1 is 1.40 bits per heavy atom. The third kappa shape index (κ3) is 2.36. The lowest BCUT2D eigenvalue weighted by Crippen LogP contribution is -2.37. The lowest BCUT2D eigenvalue weighted by Gasteiger charge is -2.20. The maximum absolute atomic E-state index is 6.14. The first-order valence-corrected chi connectivity index (χ1v) is 6.06. The van der Waals surface area contributed by atoms with Crippen LogP contribution in [0.5, 0.6) is 0 Å². The zero-order valence-electron chi connectivity index (χ0n) is 9.16. The third-order valence-electron chi connectivity index (χ3n) is 2.70. The summed E-state index contributed by atoms with van der Waals surface area (Å²) in [7, 11) is 0. The fourth-order valence-electron chi connectivity index (χ4n) is 1.47. The van der Waals surface area contributed by atoms with Gasteiger partial charge in [-0.25, -0.2) is 4.98 Å². The minimum Gasteiger partial charge on any atom is -0.325 e. The van der Waals surface area contributed by atoms with Gasteiger partial charge in [0.2, 0.25) is 0 Å². The van der Waals surface area contributed by atoms with Crippen LogP contribution in [0.15, 0.2) is 24.3 Å². The smallest absolute Gasteiger partial charge is 0.0956 e. The highest BCUT2D eigenvalue weighted by Crippen LogP contribution is 2.24. The second kappa shape index (κ2) is 3.91. The van der Waals surface area contributed by atoms with Gasteiger partial charge in [-0.3, -0.25) is 0 Å². The molecule has 0 aliphatic carbocycles. The first-order chi connectivity index (χ1) is 7.11. The van der Waals surface area contributed by atoms with E-state index in [1.165, 1.54) is 4.70 Å². The number of nitrogens with zero attached hydrogens (tertiary/aromatic N) is 1. The molecule has 0 saturated carbocycles. The van der Waals surface area contributed by atoms with Crippen LogP contribution in [0.25, 0.3) is 10.2 Å². The first kappa shape index (κ1) is 10.6. The quantitative estimate of drug-likeness (QED) is 0.863. The van der Waals surface area contributed by atoms with E-state index in [0.717, 1.165) is 23.4 Å². The molecule has 0 saturated heterocycles. The van der Waals surface area contributed by atoms with Crippen LogP contribution in [0.1, 0.15) is 25.3 Å². The van der Waals surface area contributed by atoms with Gasteiger partial charge < -0.3 is 5.73 Å². The molecule has 2 N–H and O–H groups in total. The first-order valence-electron chi connectivity index (χ1n) is 5.24. The topological polar surface area (TPSA) is 38.9 Å². The van der Waals surface area contributed by atoms with Crippen LogP contribution in [0, 0.1) is 0 Å². The zero-order valence-corrected chi connectivity index (χ0v) is 9.97. The second-order valence-electron chi connectivity index (χ2n) is 4.26. The highest BCUT2D eigenvalue weighted by molar-refractivity contribution is 7.18. The largest absolute Gasteiger partial charge is 0.325 e. The zero-order chi connectivity index (χ0) is 10.9. The number of thiazole rings is 1. The van der Waals surface area contributed by atoms with E-state index >= 15 is 0 Å². The Bertz CT molecular complexity index is 426. The normalized spacial score (nSPS) is 15.4. The molecule has 80 valence electrons. The van der Waals surface area contributed by atoms with E-state index in [0.29, 0.717) is 0 Å². The van der Waals surface area contributed by atoms with Crippen molar-refractivity contribution in [1.82, 2.24) is 4.98 Å². The van der Waals surface area contributed by atoms with Crippen molar-refractivity contribution in [2.45, 2.75) is 32.2 Å². The lowest BCUT2D eigenvalue weighted by atomic mass is 9.97. The van der Waals surface area contributed by atoms with Crippen LogP contribution in [0.4, 0.5) is 0 Å². The Hall–Kier alpha value is -0.930. The van der Waals surface area contributed by atoms with E-state index < -0.39 is 0 Å². The predicted molar refractivity (Wildman–Crippen MR) is 66.2 cm³/mol. The summed E-state index contributed by atoms with van der Waals surface area (Å²) in [6.45, 7) is 4.20. The number of fused-ring (bicyclic) bond motifs is 1. The highest BCUT2D eigenvalue weighted by Gasteiger charge is 2.18. The van der Waals surface area contributed by atoms with Gasteiger partial charge in [0, 0.05) is 12.0 Å². The molecule has 2 aromatic rings. The number of nitrogens with two attached hydrogens (primary N) is 1. The second-order valence-corrected chi connectivity index (χ2v) is 5.37. The molecule has 0 aliphatic rings. The standard InChI is InChI=1S/C12H16N2S/c1-3-12(2,13)8-11-14-9-6-4-5-7-10(9)15-11/h4-7H,3,8,13H2,1-2H3. The van der Waals surface area contributed by atoms with E-state index in [9.17, 15) is 0 Å². The molecule has 2 nitrogen and oxygen atoms in total. The molecule has 0 amide bonds. The molecule has 0 aliphatic heterocycles. The van der Waals surface area contributed by atoms with Gasteiger partial charge in [-0.05, 0) is 25.5 Å². The fourth-order valence-corrected chi connectivity index (χ4v) is 2.63. The van der Waals surface area contributed by atoms with Crippen LogP contribution in [0.2, 0.25) is 0 Å². The number of benzene rings is 1. The number of aromatic nitrogens is 1. The Kier molecular flexibility index (Phi) is 2.76. The number of hydrogen-bond donors (Lipinski definition) is 1. The van der Waals surface area contributed by atoms with Gasteiger partial charge in [0.25, 0.3) is 0 Å². The molecule has 3 heteroatoms. The van der Waals surface area contributed by atoms with Crippen molar-refractivity contribution >= 4 is 21.6 Å². The molecule has 0 fully saturated rings. The average molecular weight is 220 g/mol. The van der Waals surface area contributed by atoms with Gasteiger partial charge in [0.05, 0.1) is 15.2 Å². The van der Waals surface area contributed by atoms with E-state index in [-0.39, 0.29) is 5.54 Å². The Morgan fingerprint density at radius 2 is 2.13 bits per heavy atom. The summed E-state index contributed by atoms with van der Waals surface area (Å²) in [4.78, 5) is 4.58. The molecule has 1 aromatic heterocycles. The van der Waals surface area contributed by atoms with Gasteiger partial charge in [-0.2, -0.15) is 0 Å². The predicted octanol–water partition coefficient (Wildman–Crippen LogP) is 2.97. The van der Waals surface area contributed by atoms with Crippen LogP contribution >= 0.6 is 11.3 Å². The monoisotopic (exact) mass is 220 g/mol. The summed E-state index contributed by atoms with van der Waals surface area (Å²) in [5, 5.41) is 1.14. The Balaban J connectivity index is 2.30. The van der Waals surface area contributed by atoms with Crippen molar-refractivity contribution < 1.29 is 0 Å². The molecule has 1 atom stereocenters. The van der Waals surface area contributed by atoms with Gasteiger partial charge in [-0.1, -0.05) is 19.1 Å². The van der Waals surface area contributed by atoms with Crippen molar-refractivity contribution in [3.05, 3.63) is 29.3 Å². The molecule has 0 radical (unpaired) electrons. The van der Waals surface area contributed by atoms with Crippen LogP contribution < -0.4 is 5.73 Å². The average Bonchev–Trinajstić information content (AvgIpc) is 2.58. The maximum atomic E-state index is 6.14. The van der Waals surface area contributed by atoms with Crippen molar-refractivity contribution in [3.63, 3.8) is 0 Å². The summed E-state index contributed by atoms with van der Waals surface area (Å²) >= 11 is 1.75. The number of para-hydroxylation sites is 1. The van der Waals surface area contributed by atoms with Crippen molar-refractivity contribution in [2.75, 3.05) is 0 Å². The molecule has 2 rings (SSSR count). The van der Waals surface area contributed by atoms with Crippen LogP contribution in [-0.4, -0.2) is 10.5 Å². The summed E-state index contributed by atoms with van der Waals surface area (Å²) in [6.07, 6.45) is 1.84. The van der Waals surface area contributed by atoms with E-state index in [4.69, 9.17) is 5.73 Å². The van der Waals surface area contributed by atoms with Crippen LogP contribution in [-0.2, 0) is 6.42 Å². The Morgan fingerprint density at radius 3 is 2.80 bits per heavy atom. The molecule has 1 unspecified atom stereocenters. The number of hydrogen-bond acceptors (Lipinski definition) is 3. The van der Waals surface area contributed by atoms with Gasteiger partial charge in [0.1, 0.15) is 0 Å². The van der Waals surface area contributed by atoms with Crippen molar-refractivity contribution in [3.8, 4) is 0 Å². The molecule has 0 spiro atoms. The third-order valence-corrected chi connectivity index (χ3v) is 3.74. The van der Waals surface area contributed by atoms with Gasteiger partial charge >= 0.3 is 0 Å². The van der Waals surface area contributed by atoms with E-state index in [1.807, 2.05) is 12.1 Å². The summed E-state index contributed by atoms with van der Waals surface area (Å²) in [6, 6.07) is 8.23. The summed E-state index contributed by atoms with van der Waals surface area (Å²) in [5.41, 5.74) is 7.09. The molecular weight excluding hydrogens is 204 g/mol. The summed E-state index contributed by atoms with van der Waals surface area (Å²) in [5.74, 6) is 0. The minimum absolute atomic E-state index is 0.131. The van der Waals surface area contributed by atoms with Crippen molar-refractivity contribution in [1.29, 1.82) is 0 Å². The van der Waals surface area contributed by atoms with E-state index in [2.05, 4.69) is 31.0 Å². The fraction of sp³-hybridized carbons (Fsp3) is 0.417. The highest BCUT2D eigenvalue weighted by atomic mass is 32.1. The lowest BCUT2D eigenvalue weighted by molar-refractivity contribution is 0.449. The summed E-state index contributed by atoms with van der Waals surface area (Å²) < 4.78 is 1.25. The molecule has 1 aromatic carbocycles.